The number of nitrogens with one attached hydrogen (secondary N) is 1. The van der Waals surface area contributed by atoms with Crippen LogP contribution in [0, 0.1) is 5.41 Å². The van der Waals surface area contributed by atoms with Crippen LogP contribution in [0.1, 0.15) is 19.3 Å². The van der Waals surface area contributed by atoms with Crippen molar-refractivity contribution in [2.75, 3.05) is 26.2 Å². The van der Waals surface area contributed by atoms with Gasteiger partial charge in [0.25, 0.3) is 0 Å². The molecule has 0 bridgehead atoms. The number of piperidine rings is 1. The second-order valence-corrected chi connectivity index (χ2v) is 4.31. The van der Waals surface area contributed by atoms with Crippen molar-refractivity contribution < 1.29 is 14.7 Å². The van der Waals surface area contributed by atoms with E-state index in [1.165, 1.54) is 4.90 Å². The van der Waals surface area contributed by atoms with Gasteiger partial charge in [-0.3, -0.25) is 14.5 Å². The molecule has 2 fully saturated rings. The molecule has 2 aliphatic rings. The van der Waals surface area contributed by atoms with Crippen LogP contribution in [-0.2, 0) is 9.59 Å². The van der Waals surface area contributed by atoms with Crippen LogP contribution in [0.3, 0.4) is 0 Å². The summed E-state index contributed by atoms with van der Waals surface area (Å²) >= 11 is 0. The smallest absolute Gasteiger partial charge is 0.237 e. The molecule has 0 aliphatic carbocycles. The zero-order valence-corrected chi connectivity index (χ0v) is 8.66. The molecule has 84 valence electrons. The standard InChI is InChI=1S/C10H16N2O3/c13-5-4-12-8(14)6-10(9(12)15)2-1-3-11-7-10/h11,13H,1-7H2. The van der Waals surface area contributed by atoms with Crippen molar-refractivity contribution in [1.29, 1.82) is 0 Å². The predicted molar refractivity (Wildman–Crippen MR) is 53.0 cm³/mol. The van der Waals surface area contributed by atoms with Crippen molar-refractivity contribution in [2.24, 2.45) is 5.41 Å². The molecule has 1 atom stereocenters. The topological polar surface area (TPSA) is 69.6 Å². The van der Waals surface area contributed by atoms with Crippen LogP contribution < -0.4 is 5.32 Å². The van der Waals surface area contributed by atoms with Crippen molar-refractivity contribution in [3.8, 4) is 0 Å². The van der Waals surface area contributed by atoms with Crippen LogP contribution >= 0.6 is 0 Å². The minimum Gasteiger partial charge on any atom is -0.395 e. The molecule has 0 aromatic rings. The quantitative estimate of drug-likeness (QED) is 0.582. The third kappa shape index (κ3) is 1.66. The summed E-state index contributed by atoms with van der Waals surface area (Å²) in [5.41, 5.74) is -0.509. The highest BCUT2D eigenvalue weighted by Crippen LogP contribution is 2.38. The Morgan fingerprint density at radius 2 is 2.27 bits per heavy atom. The number of hydrogen-bond donors (Lipinski definition) is 2. The highest BCUT2D eigenvalue weighted by atomic mass is 16.3. The molecular weight excluding hydrogens is 196 g/mol. The van der Waals surface area contributed by atoms with E-state index in [4.69, 9.17) is 5.11 Å². The van der Waals surface area contributed by atoms with Gasteiger partial charge >= 0.3 is 0 Å². The second kappa shape index (κ2) is 3.90. The normalized spacial score (nSPS) is 31.7. The SMILES string of the molecule is O=C1CC2(CCCNC2)C(=O)N1CCO. The third-order valence-corrected chi connectivity index (χ3v) is 3.29. The molecule has 1 spiro atoms. The maximum absolute atomic E-state index is 12.0. The maximum atomic E-state index is 12.0. The Kier molecular flexibility index (Phi) is 2.75. The van der Waals surface area contributed by atoms with Gasteiger partial charge in [-0.2, -0.15) is 0 Å². The Balaban J connectivity index is 2.15. The molecule has 5 heteroatoms. The number of hydrogen-bond acceptors (Lipinski definition) is 4. The lowest BCUT2D eigenvalue weighted by atomic mass is 9.79. The van der Waals surface area contributed by atoms with Gasteiger partial charge in [0.2, 0.25) is 11.8 Å². The van der Waals surface area contributed by atoms with Gasteiger partial charge in [0.15, 0.2) is 0 Å². The fraction of sp³-hybridized carbons (Fsp3) is 0.800. The molecule has 2 amide bonds. The number of amides is 2. The lowest BCUT2D eigenvalue weighted by Gasteiger charge is -2.31. The molecule has 0 aromatic heterocycles. The molecule has 2 heterocycles. The molecule has 5 nitrogen and oxygen atoms in total. The fourth-order valence-corrected chi connectivity index (χ4v) is 2.49. The highest BCUT2D eigenvalue weighted by Gasteiger charge is 2.51. The molecule has 0 radical (unpaired) electrons. The van der Waals surface area contributed by atoms with Gasteiger partial charge in [0.05, 0.1) is 18.6 Å². The van der Waals surface area contributed by atoms with Gasteiger partial charge in [-0.1, -0.05) is 0 Å². The molecule has 0 saturated carbocycles. The van der Waals surface area contributed by atoms with Gasteiger partial charge < -0.3 is 10.4 Å². The Bertz CT molecular complexity index is 284. The van der Waals surface area contributed by atoms with E-state index < -0.39 is 5.41 Å². The van der Waals surface area contributed by atoms with Crippen molar-refractivity contribution in [3.05, 3.63) is 0 Å². The second-order valence-electron chi connectivity index (χ2n) is 4.31. The van der Waals surface area contributed by atoms with Gasteiger partial charge in [-0.25, -0.2) is 0 Å². The molecular formula is C10H16N2O3. The average Bonchev–Trinajstić information content (AvgIpc) is 2.45. The Morgan fingerprint density at radius 1 is 1.47 bits per heavy atom. The zero-order chi connectivity index (χ0) is 10.9. The average molecular weight is 212 g/mol. The number of β-amino-alcohol motifs (C(OH)–C–C–N with tert-alkyl or cyclic N) is 1. The first-order chi connectivity index (χ1) is 7.19. The molecule has 15 heavy (non-hydrogen) atoms. The summed E-state index contributed by atoms with van der Waals surface area (Å²) < 4.78 is 0. The summed E-state index contributed by atoms with van der Waals surface area (Å²) in [6, 6.07) is 0. The van der Waals surface area contributed by atoms with Crippen molar-refractivity contribution in [3.63, 3.8) is 0 Å². The Morgan fingerprint density at radius 3 is 2.87 bits per heavy atom. The molecule has 2 N–H and O–H groups in total. The molecule has 2 saturated heterocycles. The van der Waals surface area contributed by atoms with E-state index in [2.05, 4.69) is 5.32 Å². The molecule has 2 rings (SSSR count). The van der Waals surface area contributed by atoms with E-state index in [0.29, 0.717) is 13.0 Å². The van der Waals surface area contributed by atoms with Crippen molar-refractivity contribution in [1.82, 2.24) is 10.2 Å². The Labute approximate surface area is 88.4 Å². The number of aliphatic hydroxyl groups excluding tert-OH is 1. The number of rotatable bonds is 2. The first-order valence-corrected chi connectivity index (χ1v) is 5.36. The number of aliphatic hydroxyl groups is 1. The number of nitrogens with zero attached hydrogens (tertiary/aromatic N) is 1. The number of carbonyl (C=O) groups excluding carboxylic acids is 2. The first kappa shape index (κ1) is 10.6. The Hall–Kier alpha value is -0.940. The predicted octanol–water partition coefficient (Wildman–Crippen LogP) is -0.893. The van der Waals surface area contributed by atoms with Crippen LogP contribution in [-0.4, -0.2) is 48.1 Å². The minimum absolute atomic E-state index is 0.103. The van der Waals surface area contributed by atoms with Crippen molar-refractivity contribution >= 4 is 11.8 Å². The van der Waals surface area contributed by atoms with Crippen LogP contribution in [0.2, 0.25) is 0 Å². The summed E-state index contributed by atoms with van der Waals surface area (Å²) in [6.07, 6.45) is 2.03. The summed E-state index contributed by atoms with van der Waals surface area (Å²) in [5.74, 6) is -0.244. The van der Waals surface area contributed by atoms with Crippen LogP contribution in [0.25, 0.3) is 0 Å². The lowest BCUT2D eigenvalue weighted by molar-refractivity contribution is -0.142. The monoisotopic (exact) mass is 212 g/mol. The van der Waals surface area contributed by atoms with Crippen molar-refractivity contribution in [2.45, 2.75) is 19.3 Å². The van der Waals surface area contributed by atoms with E-state index in [-0.39, 0.29) is 25.0 Å². The van der Waals surface area contributed by atoms with Gasteiger partial charge in [-0.15, -0.1) is 0 Å². The van der Waals surface area contributed by atoms with E-state index in [1.54, 1.807) is 0 Å². The van der Waals surface area contributed by atoms with Crippen LogP contribution in [0.5, 0.6) is 0 Å². The third-order valence-electron chi connectivity index (χ3n) is 3.29. The first-order valence-electron chi connectivity index (χ1n) is 5.36. The maximum Gasteiger partial charge on any atom is 0.237 e. The lowest BCUT2D eigenvalue weighted by Crippen LogP contribution is -2.46. The van der Waals surface area contributed by atoms with E-state index in [0.717, 1.165) is 19.4 Å². The molecule has 0 aromatic carbocycles. The minimum atomic E-state index is -0.509. The van der Waals surface area contributed by atoms with Gasteiger partial charge in [0.1, 0.15) is 0 Å². The summed E-state index contributed by atoms with van der Waals surface area (Å²) in [5, 5.41) is 12.0. The zero-order valence-electron chi connectivity index (χ0n) is 8.66. The number of likely N-dealkylation sites (tertiary alicyclic amines) is 1. The van der Waals surface area contributed by atoms with Crippen LogP contribution in [0.15, 0.2) is 0 Å². The summed E-state index contributed by atoms with van der Waals surface area (Å²) in [7, 11) is 0. The van der Waals surface area contributed by atoms with Gasteiger partial charge in [0, 0.05) is 13.0 Å². The van der Waals surface area contributed by atoms with Gasteiger partial charge in [-0.05, 0) is 19.4 Å². The van der Waals surface area contributed by atoms with E-state index in [1.807, 2.05) is 0 Å². The molecule has 1 unspecified atom stereocenters. The largest absolute Gasteiger partial charge is 0.395 e. The number of carbonyl (C=O) groups is 2. The van der Waals surface area contributed by atoms with Crippen LogP contribution in [0.4, 0.5) is 0 Å². The van der Waals surface area contributed by atoms with E-state index in [9.17, 15) is 9.59 Å². The highest BCUT2D eigenvalue weighted by molar-refractivity contribution is 6.06. The summed E-state index contributed by atoms with van der Waals surface area (Å²) in [6.45, 7) is 1.50. The number of imide groups is 1. The van der Waals surface area contributed by atoms with E-state index >= 15 is 0 Å². The molecule has 2 aliphatic heterocycles. The fourth-order valence-electron chi connectivity index (χ4n) is 2.49. The summed E-state index contributed by atoms with van der Waals surface area (Å²) in [4.78, 5) is 24.9.